The Morgan fingerprint density at radius 2 is 0.646 bits per heavy atom. The Bertz CT molecular complexity index is 1470. The van der Waals surface area contributed by atoms with E-state index in [2.05, 4.69) is 29.9 Å². The molecule has 20 fully saturated rings. The number of Topliss-reactive ketones (excluding diaryl/α,β-unsaturated/α-hetero) is 1. The molecular formula is C59H95N3O2S. The van der Waals surface area contributed by atoms with Crippen molar-refractivity contribution in [1.82, 2.24) is 16.0 Å². The van der Waals surface area contributed by atoms with Gasteiger partial charge in [-0.05, 0) is 313 Å². The summed E-state index contributed by atoms with van der Waals surface area (Å²) in [7, 11) is 2.17. The zero-order valence-electron chi connectivity index (χ0n) is 42.3. The highest BCUT2D eigenvalue weighted by Crippen LogP contribution is 2.63. The lowest BCUT2D eigenvalue weighted by Gasteiger charge is -2.57. The van der Waals surface area contributed by atoms with Crippen molar-refractivity contribution in [3.05, 3.63) is 0 Å². The lowest BCUT2D eigenvalue weighted by atomic mass is 9.48. The molecular weight excluding hydrogens is 815 g/mol. The van der Waals surface area contributed by atoms with E-state index in [9.17, 15) is 9.59 Å². The normalized spacial score (nSPS) is 52.5. The second kappa shape index (κ2) is 17.7. The molecule has 0 atom stereocenters. The van der Waals surface area contributed by atoms with Crippen molar-refractivity contribution in [3.63, 3.8) is 0 Å². The Hall–Kier alpha value is -1.01. The van der Waals surface area contributed by atoms with Crippen molar-refractivity contribution in [3.8, 4) is 0 Å². The minimum absolute atomic E-state index is 0.173. The van der Waals surface area contributed by atoms with Crippen LogP contribution in [0.3, 0.4) is 0 Å². The number of amides is 1. The Labute approximate surface area is 402 Å². The van der Waals surface area contributed by atoms with Gasteiger partial charge in [-0.15, -0.1) is 0 Å². The Balaban J connectivity index is 0.0000000904. The highest BCUT2D eigenvalue weighted by molar-refractivity contribution is 7.80. The van der Waals surface area contributed by atoms with Gasteiger partial charge in [0, 0.05) is 30.0 Å². The van der Waals surface area contributed by atoms with Gasteiger partial charge in [0.1, 0.15) is 5.78 Å². The molecule has 0 unspecified atom stereocenters. The molecule has 1 amide bonds. The summed E-state index contributed by atoms with van der Waals surface area (Å²) in [5.74, 6) is 16.1. The van der Waals surface area contributed by atoms with E-state index in [-0.39, 0.29) is 11.4 Å². The van der Waals surface area contributed by atoms with Gasteiger partial charge in [0.25, 0.3) is 0 Å². The molecule has 364 valence electrons. The fourth-order valence-electron chi connectivity index (χ4n) is 23.3. The van der Waals surface area contributed by atoms with Crippen LogP contribution in [-0.2, 0) is 9.59 Å². The summed E-state index contributed by atoms with van der Waals surface area (Å²) in [6.07, 6.45) is 44.9. The number of carbonyl (C=O) groups excluding carboxylic acids is 2. The first-order valence-electron chi connectivity index (χ1n) is 28.7. The van der Waals surface area contributed by atoms with Crippen LogP contribution < -0.4 is 16.0 Å². The molecule has 3 N–H and O–H groups in total. The minimum Gasteiger partial charge on any atom is -0.374 e. The van der Waals surface area contributed by atoms with Crippen LogP contribution in [0, 0.1) is 99.6 Å². The van der Waals surface area contributed by atoms with Crippen LogP contribution in [0.1, 0.15) is 227 Å². The third-order valence-electron chi connectivity index (χ3n) is 22.7. The van der Waals surface area contributed by atoms with Crippen molar-refractivity contribution in [2.75, 3.05) is 7.05 Å². The van der Waals surface area contributed by atoms with Crippen molar-refractivity contribution < 1.29 is 9.59 Å². The predicted octanol–water partition coefficient (Wildman–Crippen LogP) is 13.6. The van der Waals surface area contributed by atoms with Gasteiger partial charge in [0.15, 0.2) is 0 Å². The number of hydrogen-bond acceptors (Lipinski definition) is 4. The second-order valence-electron chi connectivity index (χ2n) is 29.2. The first kappa shape index (κ1) is 46.4. The third-order valence-corrected chi connectivity index (χ3v) is 22.8. The largest absolute Gasteiger partial charge is 0.374 e. The quantitative estimate of drug-likeness (QED) is 0.240. The maximum absolute atomic E-state index is 11.3. The van der Waals surface area contributed by atoms with Crippen LogP contribution in [0.15, 0.2) is 0 Å². The molecule has 20 rings (SSSR count). The number of hydrogen-bond donors (Lipinski definition) is 3. The summed E-state index contributed by atoms with van der Waals surface area (Å²) in [6.45, 7) is 8.02. The monoisotopic (exact) mass is 910 g/mol. The fraction of sp³-hybridized carbons (Fsp3) is 0.949. The predicted molar refractivity (Wildman–Crippen MR) is 269 cm³/mol. The summed E-state index contributed by atoms with van der Waals surface area (Å²) in [4.78, 5) is 23.6. The first-order chi connectivity index (χ1) is 31.0. The number of carbonyl (C=O) groups is 2. The molecule has 0 saturated heterocycles. The maximum Gasteiger partial charge on any atom is 0.217 e. The molecule has 0 spiro atoms. The SMILES string of the molecule is CC(=O)CC12CC3CC(CC(C3)C1)C2.CC(=O)NC12CC3CC(CC(C3)C1)C2.CC(=S)NC12CC3CC(CC(C3)C1)C2.CC12CC3CC(CC(C3)C1)C2.CNC12CC3CC(CC(C3)C1)C2. The van der Waals surface area contributed by atoms with Gasteiger partial charge in [-0.25, -0.2) is 0 Å². The Kier molecular flexibility index (Phi) is 12.6. The van der Waals surface area contributed by atoms with Crippen LogP contribution in [0.5, 0.6) is 0 Å². The molecule has 0 aromatic carbocycles. The number of nitrogens with one attached hydrogen (secondary N) is 3. The van der Waals surface area contributed by atoms with Crippen molar-refractivity contribution in [2.24, 2.45) is 99.6 Å². The summed E-state index contributed by atoms with van der Waals surface area (Å²) >= 11 is 5.22. The van der Waals surface area contributed by atoms with Gasteiger partial charge in [0.05, 0.1) is 4.99 Å². The summed E-state index contributed by atoms with van der Waals surface area (Å²) in [6, 6.07) is 0. The summed E-state index contributed by atoms with van der Waals surface area (Å²) in [5, 5.41) is 10.5. The van der Waals surface area contributed by atoms with E-state index in [0.29, 0.717) is 22.3 Å². The molecule has 5 nitrogen and oxygen atoms in total. The van der Waals surface area contributed by atoms with Crippen LogP contribution in [0.25, 0.3) is 0 Å². The second-order valence-corrected chi connectivity index (χ2v) is 29.8. The number of thiocarbonyl (C=S) groups is 1. The molecule has 6 heteroatoms. The third kappa shape index (κ3) is 10.1. The summed E-state index contributed by atoms with van der Waals surface area (Å²) < 4.78 is 0. The lowest BCUT2D eigenvalue weighted by Crippen LogP contribution is -2.59. The van der Waals surface area contributed by atoms with Gasteiger partial charge in [-0.3, -0.25) is 4.79 Å². The zero-order valence-corrected chi connectivity index (χ0v) is 43.1. The molecule has 0 aromatic rings. The van der Waals surface area contributed by atoms with E-state index in [1.54, 1.807) is 71.6 Å². The van der Waals surface area contributed by atoms with Crippen molar-refractivity contribution in [1.29, 1.82) is 0 Å². The molecule has 65 heavy (non-hydrogen) atoms. The Morgan fingerprint density at radius 3 is 0.877 bits per heavy atom. The fourth-order valence-corrected chi connectivity index (χ4v) is 23.5. The number of ketones is 1. The molecule has 20 aliphatic rings. The highest BCUT2D eigenvalue weighted by Gasteiger charge is 2.54. The van der Waals surface area contributed by atoms with Crippen molar-refractivity contribution in [2.45, 2.75) is 243 Å². The van der Waals surface area contributed by atoms with Gasteiger partial charge in [0.2, 0.25) is 5.91 Å². The molecule has 20 saturated carbocycles. The topological polar surface area (TPSA) is 70.2 Å². The Morgan fingerprint density at radius 1 is 0.400 bits per heavy atom. The van der Waals surface area contributed by atoms with Gasteiger partial charge in [-0.1, -0.05) is 19.1 Å². The molecule has 20 bridgehead atoms. The average molecular weight is 910 g/mol. The first-order valence-corrected chi connectivity index (χ1v) is 29.2. The standard InChI is InChI=1S/C13H20O.C12H19NO.C12H19NS.C11H19N.C11H18/c1-9(14)5-13-6-10-2-11(7-13)4-12(3-10)8-13;2*1-8(14)13-12-5-9-2-10(6-12)4-11(3-9)7-12;1-12-11-5-8-2-9(6-11)4-10(3-8)7-11;1-11-5-8-2-9(6-11)4-10(3-8)7-11/h10-12H,2-8H2,1H3;2*9-11H,2-7H2,1H3,(H,13,14);8-10,12H,2-7H2,1H3;8-10H,2-7H2,1H3. The van der Waals surface area contributed by atoms with Crippen LogP contribution >= 0.6 is 12.2 Å². The highest BCUT2D eigenvalue weighted by atomic mass is 32.1. The molecule has 0 radical (unpaired) electrons. The van der Waals surface area contributed by atoms with E-state index in [4.69, 9.17) is 12.2 Å². The zero-order chi connectivity index (χ0) is 44.9. The van der Waals surface area contributed by atoms with Gasteiger partial charge in [-0.2, -0.15) is 0 Å². The lowest BCUT2D eigenvalue weighted by molar-refractivity contribution is -0.126. The van der Waals surface area contributed by atoms with E-state index in [1.165, 1.54) is 135 Å². The molecule has 0 aromatic heterocycles. The van der Waals surface area contributed by atoms with Crippen LogP contribution in [0.4, 0.5) is 0 Å². The maximum atomic E-state index is 11.3. The van der Waals surface area contributed by atoms with Crippen molar-refractivity contribution >= 4 is 28.9 Å². The average Bonchev–Trinajstić information content (AvgIpc) is 3.14. The molecule has 20 aliphatic carbocycles. The van der Waals surface area contributed by atoms with E-state index in [0.717, 1.165) is 106 Å². The van der Waals surface area contributed by atoms with Crippen LogP contribution in [-0.4, -0.2) is 40.3 Å². The molecule has 0 heterocycles. The molecule has 0 aliphatic heterocycles. The van der Waals surface area contributed by atoms with E-state index >= 15 is 0 Å². The van der Waals surface area contributed by atoms with Gasteiger partial charge >= 0.3 is 0 Å². The smallest absolute Gasteiger partial charge is 0.217 e. The number of rotatable bonds is 5. The van der Waals surface area contributed by atoms with E-state index < -0.39 is 0 Å². The van der Waals surface area contributed by atoms with Gasteiger partial charge < -0.3 is 20.7 Å². The van der Waals surface area contributed by atoms with E-state index in [1.807, 2.05) is 6.92 Å². The minimum atomic E-state index is 0.173. The van der Waals surface area contributed by atoms with Crippen LogP contribution in [0.2, 0.25) is 0 Å². The summed E-state index contributed by atoms with van der Waals surface area (Å²) in [5.41, 5.74) is 2.52.